The molecule has 21 heavy (non-hydrogen) atoms. The average Bonchev–Trinajstić information content (AvgIpc) is 3.07. The third-order valence-corrected chi connectivity index (χ3v) is 3.66. The third kappa shape index (κ3) is 2.64. The van der Waals surface area contributed by atoms with Crippen molar-refractivity contribution in [3.05, 3.63) is 52.9 Å². The minimum atomic E-state index is -4.38. The highest BCUT2D eigenvalue weighted by atomic mass is 32.1. The van der Waals surface area contributed by atoms with E-state index in [4.69, 9.17) is 5.73 Å². The van der Waals surface area contributed by atoms with Gasteiger partial charge in [0.05, 0.1) is 23.1 Å². The SMILES string of the molecule is Nc1cn(-c2cccc(C(F)(F)F)c2)nc1-c1ccsc1. The van der Waals surface area contributed by atoms with E-state index >= 15 is 0 Å². The van der Waals surface area contributed by atoms with Gasteiger partial charge < -0.3 is 5.73 Å². The summed E-state index contributed by atoms with van der Waals surface area (Å²) in [4.78, 5) is 0. The molecular formula is C14H10F3N3S. The zero-order valence-corrected chi connectivity index (χ0v) is 11.4. The van der Waals surface area contributed by atoms with Crippen molar-refractivity contribution in [2.24, 2.45) is 0 Å². The van der Waals surface area contributed by atoms with E-state index in [1.54, 1.807) is 6.07 Å². The van der Waals surface area contributed by atoms with Gasteiger partial charge in [-0.2, -0.15) is 29.6 Å². The lowest BCUT2D eigenvalue weighted by Gasteiger charge is -2.08. The number of alkyl halides is 3. The summed E-state index contributed by atoms with van der Waals surface area (Å²) in [5.41, 5.74) is 7.33. The van der Waals surface area contributed by atoms with Crippen molar-refractivity contribution in [3.8, 4) is 16.9 Å². The van der Waals surface area contributed by atoms with Crippen LogP contribution in [0.25, 0.3) is 16.9 Å². The molecule has 0 radical (unpaired) electrons. The van der Waals surface area contributed by atoms with Crippen molar-refractivity contribution in [2.45, 2.75) is 6.18 Å². The monoisotopic (exact) mass is 309 g/mol. The van der Waals surface area contributed by atoms with E-state index in [1.165, 1.54) is 28.3 Å². The van der Waals surface area contributed by atoms with Crippen LogP contribution in [0.1, 0.15) is 5.56 Å². The first kappa shape index (κ1) is 13.7. The molecule has 0 amide bonds. The number of hydrogen-bond donors (Lipinski definition) is 1. The topological polar surface area (TPSA) is 43.8 Å². The van der Waals surface area contributed by atoms with Crippen LogP contribution in [0, 0.1) is 0 Å². The zero-order chi connectivity index (χ0) is 15.0. The van der Waals surface area contributed by atoms with Crippen molar-refractivity contribution >= 4 is 17.0 Å². The Morgan fingerprint density at radius 3 is 2.67 bits per heavy atom. The molecule has 3 nitrogen and oxygen atoms in total. The summed E-state index contributed by atoms with van der Waals surface area (Å²) in [5.74, 6) is 0. The molecule has 0 saturated carbocycles. The Kier molecular flexibility index (Phi) is 3.21. The molecule has 2 heterocycles. The van der Waals surface area contributed by atoms with Crippen molar-refractivity contribution in [2.75, 3.05) is 5.73 Å². The zero-order valence-electron chi connectivity index (χ0n) is 10.6. The van der Waals surface area contributed by atoms with Crippen molar-refractivity contribution in [1.82, 2.24) is 9.78 Å². The molecule has 0 fully saturated rings. The minimum Gasteiger partial charge on any atom is -0.396 e. The van der Waals surface area contributed by atoms with Crippen LogP contribution in [0.2, 0.25) is 0 Å². The number of nitrogen functional groups attached to an aromatic ring is 1. The van der Waals surface area contributed by atoms with Crippen LogP contribution in [-0.4, -0.2) is 9.78 Å². The minimum absolute atomic E-state index is 0.318. The molecule has 0 aliphatic carbocycles. The van der Waals surface area contributed by atoms with Gasteiger partial charge >= 0.3 is 6.18 Å². The fraction of sp³-hybridized carbons (Fsp3) is 0.0714. The van der Waals surface area contributed by atoms with Crippen LogP contribution in [0.3, 0.4) is 0 Å². The number of benzene rings is 1. The van der Waals surface area contributed by atoms with E-state index in [0.717, 1.165) is 17.7 Å². The Labute approximate surface area is 122 Å². The van der Waals surface area contributed by atoms with E-state index in [0.29, 0.717) is 17.1 Å². The summed E-state index contributed by atoms with van der Waals surface area (Å²) in [5, 5.41) is 8.05. The van der Waals surface area contributed by atoms with Crippen LogP contribution in [0.4, 0.5) is 18.9 Å². The van der Waals surface area contributed by atoms with Crippen LogP contribution >= 0.6 is 11.3 Å². The summed E-state index contributed by atoms with van der Waals surface area (Å²) in [6, 6.07) is 6.83. The van der Waals surface area contributed by atoms with Crippen LogP contribution in [0.15, 0.2) is 47.3 Å². The maximum atomic E-state index is 12.7. The fourth-order valence-corrected chi connectivity index (χ4v) is 2.61. The molecule has 0 aliphatic heterocycles. The first-order valence-electron chi connectivity index (χ1n) is 6.00. The third-order valence-electron chi connectivity index (χ3n) is 2.98. The number of thiophene rings is 1. The largest absolute Gasteiger partial charge is 0.416 e. The summed E-state index contributed by atoms with van der Waals surface area (Å²) in [6.07, 6.45) is -2.87. The standard InChI is InChI=1S/C14H10F3N3S/c15-14(16,17)10-2-1-3-11(6-10)20-7-12(18)13(19-20)9-4-5-21-8-9/h1-8H,18H2. The number of halogens is 3. The van der Waals surface area contributed by atoms with Gasteiger partial charge in [0.1, 0.15) is 5.69 Å². The molecular weight excluding hydrogens is 299 g/mol. The van der Waals surface area contributed by atoms with Gasteiger partial charge in [-0.25, -0.2) is 4.68 Å². The Balaban J connectivity index is 2.04. The van der Waals surface area contributed by atoms with Crippen molar-refractivity contribution in [3.63, 3.8) is 0 Å². The predicted molar refractivity (Wildman–Crippen MR) is 76.3 cm³/mol. The first-order chi connectivity index (χ1) is 9.95. The second-order valence-corrected chi connectivity index (χ2v) is 5.22. The molecule has 3 aromatic rings. The molecule has 0 bridgehead atoms. The Morgan fingerprint density at radius 1 is 1.19 bits per heavy atom. The summed E-state index contributed by atoms with van der Waals surface area (Å²) < 4.78 is 39.6. The second-order valence-electron chi connectivity index (χ2n) is 4.44. The number of nitrogens with two attached hydrogens (primary N) is 1. The van der Waals surface area contributed by atoms with E-state index in [2.05, 4.69) is 5.10 Å². The van der Waals surface area contributed by atoms with Gasteiger partial charge in [-0.05, 0) is 29.6 Å². The van der Waals surface area contributed by atoms with Gasteiger partial charge in [0.2, 0.25) is 0 Å². The van der Waals surface area contributed by atoms with Gasteiger partial charge in [0.25, 0.3) is 0 Å². The molecule has 3 rings (SSSR count). The summed E-state index contributed by atoms with van der Waals surface area (Å²) >= 11 is 1.50. The maximum absolute atomic E-state index is 12.7. The number of aromatic nitrogens is 2. The normalized spacial score (nSPS) is 11.8. The molecule has 0 atom stereocenters. The number of hydrogen-bond acceptors (Lipinski definition) is 3. The van der Waals surface area contributed by atoms with E-state index in [9.17, 15) is 13.2 Å². The number of anilines is 1. The van der Waals surface area contributed by atoms with E-state index < -0.39 is 11.7 Å². The smallest absolute Gasteiger partial charge is 0.396 e. The quantitative estimate of drug-likeness (QED) is 0.771. The van der Waals surface area contributed by atoms with Gasteiger partial charge in [0, 0.05) is 10.9 Å². The van der Waals surface area contributed by atoms with Gasteiger partial charge in [0.15, 0.2) is 0 Å². The molecule has 0 saturated heterocycles. The molecule has 7 heteroatoms. The van der Waals surface area contributed by atoms with Gasteiger partial charge in [-0.3, -0.25) is 0 Å². The maximum Gasteiger partial charge on any atom is 0.416 e. The molecule has 0 aliphatic rings. The van der Waals surface area contributed by atoms with E-state index in [1.807, 2.05) is 16.8 Å². The van der Waals surface area contributed by atoms with Gasteiger partial charge in [-0.15, -0.1) is 0 Å². The molecule has 2 N–H and O–H groups in total. The lowest BCUT2D eigenvalue weighted by Crippen LogP contribution is -2.06. The Hall–Kier alpha value is -2.28. The van der Waals surface area contributed by atoms with E-state index in [-0.39, 0.29) is 0 Å². The molecule has 0 spiro atoms. The van der Waals surface area contributed by atoms with Crippen molar-refractivity contribution < 1.29 is 13.2 Å². The van der Waals surface area contributed by atoms with Gasteiger partial charge in [-0.1, -0.05) is 6.07 Å². The summed E-state index contributed by atoms with van der Waals surface area (Å²) in [7, 11) is 0. The van der Waals surface area contributed by atoms with Crippen LogP contribution in [0.5, 0.6) is 0 Å². The molecule has 1 aromatic carbocycles. The highest BCUT2D eigenvalue weighted by Gasteiger charge is 2.30. The summed E-state index contributed by atoms with van der Waals surface area (Å²) in [6.45, 7) is 0. The van der Waals surface area contributed by atoms with Crippen molar-refractivity contribution in [1.29, 1.82) is 0 Å². The average molecular weight is 309 g/mol. The number of nitrogens with zero attached hydrogens (tertiary/aromatic N) is 2. The number of rotatable bonds is 2. The first-order valence-corrected chi connectivity index (χ1v) is 6.95. The Bertz CT molecular complexity index is 760. The lowest BCUT2D eigenvalue weighted by molar-refractivity contribution is -0.137. The highest BCUT2D eigenvalue weighted by Crippen LogP contribution is 2.31. The predicted octanol–water partition coefficient (Wildman–Crippen LogP) is 4.20. The molecule has 2 aromatic heterocycles. The second kappa shape index (κ2) is 4.92. The van der Waals surface area contributed by atoms with Crippen LogP contribution < -0.4 is 5.73 Å². The molecule has 0 unspecified atom stereocenters. The lowest BCUT2D eigenvalue weighted by atomic mass is 10.2. The van der Waals surface area contributed by atoms with Crippen LogP contribution in [-0.2, 0) is 6.18 Å². The fourth-order valence-electron chi connectivity index (χ4n) is 1.97. The highest BCUT2D eigenvalue weighted by molar-refractivity contribution is 7.08. The Morgan fingerprint density at radius 2 is 2.00 bits per heavy atom. The molecule has 108 valence electrons.